The molecular formula is C14H24N2O2. The highest BCUT2D eigenvalue weighted by Crippen LogP contribution is 1.83. The van der Waals surface area contributed by atoms with Gasteiger partial charge in [-0.3, -0.25) is 4.79 Å². The predicted molar refractivity (Wildman–Crippen MR) is 75.7 cm³/mol. The van der Waals surface area contributed by atoms with Crippen LogP contribution < -0.4 is 10.6 Å². The molecule has 0 aromatic heterocycles. The number of aliphatic carboxylic acids is 1. The first-order valence-corrected chi connectivity index (χ1v) is 5.94. The number of unbranched alkanes of at least 4 members (excludes halogenated alkanes) is 1. The Hall–Kier alpha value is -1.57. The van der Waals surface area contributed by atoms with Crippen molar-refractivity contribution >= 4 is 5.97 Å². The molecule has 0 aliphatic rings. The van der Waals surface area contributed by atoms with Crippen molar-refractivity contribution in [2.24, 2.45) is 0 Å². The summed E-state index contributed by atoms with van der Waals surface area (Å²) in [5.41, 5.74) is 5.45. The lowest BCUT2D eigenvalue weighted by Crippen LogP contribution is -2.18. The minimum Gasteiger partial charge on any atom is -0.481 e. The molecule has 102 valence electrons. The van der Waals surface area contributed by atoms with Crippen LogP contribution in [0.5, 0.6) is 0 Å². The summed E-state index contributed by atoms with van der Waals surface area (Å²) in [4.78, 5) is 9.00. The van der Waals surface area contributed by atoms with Gasteiger partial charge in [-0.05, 0) is 38.1 Å². The van der Waals surface area contributed by atoms with Gasteiger partial charge in [0.15, 0.2) is 0 Å². The standard InChI is InChI=1S/C12H20N2.C2H4O2/c1-3-5-9-13-11-7-8-12-14-10-6-4-2;1-2(3)4/h5-6,13-14H,1-2,7-12H2;1H3,(H,3,4). The van der Waals surface area contributed by atoms with Crippen molar-refractivity contribution in [3.05, 3.63) is 36.8 Å². The highest BCUT2D eigenvalue weighted by molar-refractivity contribution is 5.62. The summed E-state index contributed by atoms with van der Waals surface area (Å²) in [7, 11) is 0. The summed E-state index contributed by atoms with van der Waals surface area (Å²) >= 11 is 0. The normalized spacial score (nSPS) is 8.28. The maximum absolute atomic E-state index is 9.00. The molecule has 0 saturated carbocycles. The second-order valence-corrected chi connectivity index (χ2v) is 3.45. The topological polar surface area (TPSA) is 61.4 Å². The van der Waals surface area contributed by atoms with Crippen molar-refractivity contribution in [3.63, 3.8) is 0 Å². The van der Waals surface area contributed by atoms with Crippen molar-refractivity contribution in [1.82, 2.24) is 10.6 Å². The van der Waals surface area contributed by atoms with Gasteiger partial charge in [0.25, 0.3) is 5.97 Å². The Morgan fingerprint density at radius 2 is 1.44 bits per heavy atom. The number of hydrogen-bond donors (Lipinski definition) is 3. The molecule has 0 heterocycles. The van der Waals surface area contributed by atoms with Gasteiger partial charge in [0.1, 0.15) is 0 Å². The Morgan fingerprint density at radius 3 is 1.72 bits per heavy atom. The first-order chi connectivity index (χ1) is 8.65. The quantitative estimate of drug-likeness (QED) is 0.432. The molecule has 0 aliphatic carbocycles. The fourth-order valence-corrected chi connectivity index (χ4v) is 0.993. The molecule has 0 bridgehead atoms. The second-order valence-electron chi connectivity index (χ2n) is 3.45. The molecule has 18 heavy (non-hydrogen) atoms. The number of hydrogen-bond acceptors (Lipinski definition) is 3. The van der Waals surface area contributed by atoms with Gasteiger partial charge in [-0.15, -0.1) is 11.5 Å². The average Bonchev–Trinajstić information content (AvgIpc) is 2.31. The zero-order valence-corrected chi connectivity index (χ0v) is 11.2. The van der Waals surface area contributed by atoms with Crippen LogP contribution in [0.1, 0.15) is 19.8 Å². The minimum absolute atomic E-state index is 0.833. The van der Waals surface area contributed by atoms with Crippen molar-refractivity contribution in [3.8, 4) is 0 Å². The van der Waals surface area contributed by atoms with E-state index in [1.165, 1.54) is 12.8 Å². The molecule has 0 fully saturated rings. The van der Waals surface area contributed by atoms with E-state index < -0.39 is 5.97 Å². The van der Waals surface area contributed by atoms with Crippen LogP contribution in [-0.4, -0.2) is 37.3 Å². The SMILES string of the molecule is C=C=CCNCCCCNCC=C=C.CC(=O)O. The lowest BCUT2D eigenvalue weighted by Gasteiger charge is -2.02. The number of nitrogens with one attached hydrogen (secondary N) is 2. The summed E-state index contributed by atoms with van der Waals surface area (Å²) < 4.78 is 0. The maximum atomic E-state index is 9.00. The third-order valence-corrected chi connectivity index (χ3v) is 1.74. The van der Waals surface area contributed by atoms with E-state index >= 15 is 0 Å². The van der Waals surface area contributed by atoms with Crippen LogP contribution in [-0.2, 0) is 4.79 Å². The molecule has 0 aromatic carbocycles. The van der Waals surface area contributed by atoms with E-state index in [-0.39, 0.29) is 0 Å². The Morgan fingerprint density at radius 1 is 1.11 bits per heavy atom. The predicted octanol–water partition coefficient (Wildman–Crippen LogP) is 1.72. The molecule has 4 heteroatoms. The number of carboxylic acids is 1. The Labute approximate surface area is 110 Å². The highest BCUT2D eigenvalue weighted by atomic mass is 16.4. The van der Waals surface area contributed by atoms with E-state index in [0.717, 1.165) is 33.1 Å². The lowest BCUT2D eigenvalue weighted by molar-refractivity contribution is -0.134. The van der Waals surface area contributed by atoms with Crippen LogP contribution in [0.25, 0.3) is 0 Å². The van der Waals surface area contributed by atoms with Crippen molar-refractivity contribution in [2.45, 2.75) is 19.8 Å². The molecule has 0 aromatic rings. The minimum atomic E-state index is -0.833. The lowest BCUT2D eigenvalue weighted by atomic mass is 10.3. The first-order valence-electron chi connectivity index (χ1n) is 5.94. The van der Waals surface area contributed by atoms with Gasteiger partial charge in [-0.1, -0.05) is 13.2 Å². The van der Waals surface area contributed by atoms with Gasteiger partial charge < -0.3 is 15.7 Å². The molecule has 3 N–H and O–H groups in total. The monoisotopic (exact) mass is 252 g/mol. The third kappa shape index (κ3) is 29.3. The fraction of sp³-hybridized carbons (Fsp3) is 0.500. The molecule has 0 spiro atoms. The van der Waals surface area contributed by atoms with E-state index in [4.69, 9.17) is 9.90 Å². The summed E-state index contributed by atoms with van der Waals surface area (Å²) in [6.07, 6.45) is 6.17. The van der Waals surface area contributed by atoms with Crippen LogP contribution in [0.4, 0.5) is 0 Å². The van der Waals surface area contributed by atoms with Crippen molar-refractivity contribution in [1.29, 1.82) is 0 Å². The van der Waals surface area contributed by atoms with E-state index in [2.05, 4.69) is 35.3 Å². The van der Waals surface area contributed by atoms with Gasteiger partial charge in [0.05, 0.1) is 0 Å². The molecule has 4 nitrogen and oxygen atoms in total. The summed E-state index contributed by atoms with van der Waals surface area (Å²) in [6, 6.07) is 0. The van der Waals surface area contributed by atoms with E-state index in [1.807, 2.05) is 12.2 Å². The maximum Gasteiger partial charge on any atom is 0.300 e. The Bertz CT molecular complexity index is 260. The van der Waals surface area contributed by atoms with Gasteiger partial charge in [0.2, 0.25) is 0 Å². The second kappa shape index (κ2) is 17.8. The molecule has 0 aliphatic heterocycles. The van der Waals surface area contributed by atoms with Gasteiger partial charge in [-0.2, -0.15) is 0 Å². The van der Waals surface area contributed by atoms with Crippen molar-refractivity contribution < 1.29 is 9.90 Å². The Kier molecular flexibility index (Phi) is 18.6. The van der Waals surface area contributed by atoms with Crippen LogP contribution in [0.2, 0.25) is 0 Å². The summed E-state index contributed by atoms with van der Waals surface area (Å²) in [5.74, 6) is -0.833. The average molecular weight is 252 g/mol. The van der Waals surface area contributed by atoms with Crippen molar-refractivity contribution in [2.75, 3.05) is 26.2 Å². The smallest absolute Gasteiger partial charge is 0.300 e. The van der Waals surface area contributed by atoms with Crippen LogP contribution in [0, 0.1) is 0 Å². The van der Waals surface area contributed by atoms with Gasteiger partial charge >= 0.3 is 0 Å². The van der Waals surface area contributed by atoms with Gasteiger partial charge in [-0.25, -0.2) is 0 Å². The molecule has 0 radical (unpaired) electrons. The molecule has 0 atom stereocenters. The van der Waals surface area contributed by atoms with Gasteiger partial charge in [0, 0.05) is 20.0 Å². The van der Waals surface area contributed by atoms with Crippen LogP contribution >= 0.6 is 0 Å². The van der Waals surface area contributed by atoms with Crippen LogP contribution in [0.3, 0.4) is 0 Å². The number of carbonyl (C=O) groups is 1. The van der Waals surface area contributed by atoms with E-state index in [0.29, 0.717) is 0 Å². The zero-order chi connectivity index (χ0) is 14.1. The molecule has 0 amide bonds. The van der Waals surface area contributed by atoms with E-state index in [1.54, 1.807) is 0 Å². The molecule has 0 saturated heterocycles. The van der Waals surface area contributed by atoms with E-state index in [9.17, 15) is 0 Å². The Balaban J connectivity index is 0. The fourth-order valence-electron chi connectivity index (χ4n) is 0.993. The first kappa shape index (κ1) is 18.8. The largest absolute Gasteiger partial charge is 0.481 e. The molecular weight excluding hydrogens is 228 g/mol. The molecule has 0 unspecified atom stereocenters. The third-order valence-electron chi connectivity index (χ3n) is 1.74. The zero-order valence-electron chi connectivity index (χ0n) is 11.2. The highest BCUT2D eigenvalue weighted by Gasteiger charge is 1.86. The number of rotatable bonds is 9. The summed E-state index contributed by atoms with van der Waals surface area (Å²) in [6.45, 7) is 11.9. The summed E-state index contributed by atoms with van der Waals surface area (Å²) in [5, 5.41) is 14.0. The number of carboxylic acid groups (broad SMARTS) is 1. The molecule has 0 rings (SSSR count). The van der Waals surface area contributed by atoms with Crippen LogP contribution in [0.15, 0.2) is 36.8 Å².